The van der Waals surface area contributed by atoms with Crippen LogP contribution in [0.25, 0.3) is 21.7 Å². The molecule has 1 aromatic heterocycles. The molecule has 0 aliphatic carbocycles. The molecule has 0 fully saturated rings. The lowest BCUT2D eigenvalue weighted by Gasteiger charge is -2.01. The number of hydrogen-bond acceptors (Lipinski definition) is 3. The minimum atomic E-state index is -0.381. The summed E-state index contributed by atoms with van der Waals surface area (Å²) in [5.41, 5.74) is 0.0254. The monoisotopic (exact) mass is 248 g/mol. The number of phenols is 1. The maximum atomic E-state index is 11.7. The maximum absolute atomic E-state index is 11.7. The highest BCUT2D eigenvalue weighted by Gasteiger charge is 2.06. The van der Waals surface area contributed by atoms with Gasteiger partial charge >= 0.3 is 5.63 Å². The maximum Gasteiger partial charge on any atom is 0.344 e. The van der Waals surface area contributed by atoms with E-state index >= 15 is 0 Å². The summed E-state index contributed by atoms with van der Waals surface area (Å²) in [6.45, 7) is 0. The van der Waals surface area contributed by atoms with E-state index in [1.165, 1.54) is 6.07 Å². The van der Waals surface area contributed by atoms with Gasteiger partial charge in [0.2, 0.25) is 0 Å². The molecule has 4 heteroatoms. The number of halogens is 1. The van der Waals surface area contributed by atoms with Crippen LogP contribution >= 0.6 is 12.4 Å². The van der Waals surface area contributed by atoms with Crippen LogP contribution in [0.3, 0.4) is 0 Å². The second-order valence-electron chi connectivity index (χ2n) is 3.62. The highest BCUT2D eigenvalue weighted by Crippen LogP contribution is 2.25. The Hall–Kier alpha value is -2.00. The summed E-state index contributed by atoms with van der Waals surface area (Å²) in [5, 5.41) is 11.6. The highest BCUT2D eigenvalue weighted by atomic mass is 35.5. The van der Waals surface area contributed by atoms with Crippen LogP contribution in [-0.4, -0.2) is 5.11 Å². The van der Waals surface area contributed by atoms with Gasteiger partial charge in [-0.3, -0.25) is 0 Å². The average molecular weight is 249 g/mol. The Morgan fingerprint density at radius 2 is 1.65 bits per heavy atom. The number of phenolic OH excluding ortho intramolecular Hbond substituents is 1. The van der Waals surface area contributed by atoms with E-state index in [2.05, 4.69) is 0 Å². The lowest BCUT2D eigenvalue weighted by atomic mass is 10.1. The molecule has 3 aromatic rings. The standard InChI is InChI=1S/C13H8O3.ClH/c14-8-5-6-10-9-3-1-2-4-11(9)13(15)16-12(10)7-8;/h1-7,14H;1H. The molecule has 86 valence electrons. The first kappa shape index (κ1) is 11.5. The minimum absolute atomic E-state index is 0. The molecule has 3 rings (SSSR count). The smallest absolute Gasteiger partial charge is 0.344 e. The number of rotatable bonds is 0. The fourth-order valence-electron chi connectivity index (χ4n) is 1.87. The van der Waals surface area contributed by atoms with E-state index in [0.717, 1.165) is 10.8 Å². The van der Waals surface area contributed by atoms with Gasteiger partial charge < -0.3 is 9.52 Å². The lowest BCUT2D eigenvalue weighted by molar-refractivity contribution is 0.473. The molecule has 0 aliphatic heterocycles. The van der Waals surface area contributed by atoms with E-state index in [9.17, 15) is 9.90 Å². The Morgan fingerprint density at radius 1 is 0.941 bits per heavy atom. The molecule has 0 aliphatic rings. The molecule has 17 heavy (non-hydrogen) atoms. The molecule has 2 aromatic carbocycles. The number of hydrogen-bond donors (Lipinski definition) is 1. The van der Waals surface area contributed by atoms with Crippen LogP contribution in [0.4, 0.5) is 0 Å². The molecule has 3 nitrogen and oxygen atoms in total. The molecular weight excluding hydrogens is 240 g/mol. The van der Waals surface area contributed by atoms with Crippen molar-refractivity contribution in [2.45, 2.75) is 0 Å². The van der Waals surface area contributed by atoms with Gasteiger partial charge in [0.15, 0.2) is 0 Å². The van der Waals surface area contributed by atoms with Gasteiger partial charge in [0.1, 0.15) is 11.3 Å². The van der Waals surface area contributed by atoms with Crippen LogP contribution in [0, 0.1) is 0 Å². The number of benzene rings is 2. The predicted molar refractivity (Wildman–Crippen MR) is 68.9 cm³/mol. The second-order valence-corrected chi connectivity index (χ2v) is 3.62. The fraction of sp³-hybridized carbons (Fsp3) is 0. The van der Waals surface area contributed by atoms with Gasteiger partial charge in [-0.15, -0.1) is 12.4 Å². The summed E-state index contributed by atoms with van der Waals surface area (Å²) >= 11 is 0. The van der Waals surface area contributed by atoms with E-state index in [-0.39, 0.29) is 23.8 Å². The van der Waals surface area contributed by atoms with Gasteiger partial charge in [0.25, 0.3) is 0 Å². The van der Waals surface area contributed by atoms with Crippen molar-refractivity contribution in [2.75, 3.05) is 0 Å². The lowest BCUT2D eigenvalue weighted by Crippen LogP contribution is -1.99. The Labute approximate surface area is 103 Å². The van der Waals surface area contributed by atoms with Gasteiger partial charge in [-0.25, -0.2) is 4.79 Å². The Balaban J connectivity index is 0.00000108. The summed E-state index contributed by atoms with van der Waals surface area (Å²) in [4.78, 5) is 11.7. The Morgan fingerprint density at radius 3 is 2.41 bits per heavy atom. The van der Waals surface area contributed by atoms with E-state index in [0.29, 0.717) is 11.0 Å². The molecule has 0 radical (unpaired) electrons. The zero-order valence-corrected chi connectivity index (χ0v) is 9.53. The largest absolute Gasteiger partial charge is 0.508 e. The number of fused-ring (bicyclic) bond motifs is 3. The summed E-state index contributed by atoms with van der Waals surface area (Å²) in [5.74, 6) is 0.0888. The molecular formula is C13H9ClO3. The molecule has 0 bridgehead atoms. The van der Waals surface area contributed by atoms with Gasteiger partial charge in [-0.2, -0.15) is 0 Å². The van der Waals surface area contributed by atoms with Gasteiger partial charge in [-0.05, 0) is 23.6 Å². The quantitative estimate of drug-likeness (QED) is 0.491. The molecule has 0 saturated carbocycles. The molecule has 1 heterocycles. The van der Waals surface area contributed by atoms with E-state index in [1.54, 1.807) is 24.3 Å². The first-order valence-electron chi connectivity index (χ1n) is 4.90. The van der Waals surface area contributed by atoms with Crippen LogP contribution in [0.2, 0.25) is 0 Å². The topological polar surface area (TPSA) is 50.4 Å². The van der Waals surface area contributed by atoms with Crippen molar-refractivity contribution in [3.05, 3.63) is 52.9 Å². The Bertz CT molecular complexity index is 746. The molecule has 0 spiro atoms. The normalized spacial score (nSPS) is 10.4. The van der Waals surface area contributed by atoms with Gasteiger partial charge in [0, 0.05) is 11.5 Å². The van der Waals surface area contributed by atoms with Crippen LogP contribution in [0.1, 0.15) is 0 Å². The highest BCUT2D eigenvalue weighted by molar-refractivity contribution is 6.04. The van der Waals surface area contributed by atoms with E-state index in [1.807, 2.05) is 12.1 Å². The fourth-order valence-corrected chi connectivity index (χ4v) is 1.87. The third kappa shape index (κ3) is 1.74. The minimum Gasteiger partial charge on any atom is -0.508 e. The zero-order chi connectivity index (χ0) is 11.1. The average Bonchev–Trinajstić information content (AvgIpc) is 2.29. The Kier molecular flexibility index (Phi) is 2.77. The first-order valence-corrected chi connectivity index (χ1v) is 4.90. The van der Waals surface area contributed by atoms with Crippen molar-refractivity contribution in [1.82, 2.24) is 0 Å². The summed E-state index contributed by atoms with van der Waals surface area (Å²) < 4.78 is 5.14. The summed E-state index contributed by atoms with van der Waals surface area (Å²) in [6.07, 6.45) is 0. The SMILES string of the molecule is Cl.O=c1oc2cc(O)ccc2c2ccccc12. The molecule has 0 amide bonds. The zero-order valence-electron chi connectivity index (χ0n) is 8.71. The van der Waals surface area contributed by atoms with E-state index < -0.39 is 0 Å². The van der Waals surface area contributed by atoms with Crippen molar-refractivity contribution >= 4 is 34.1 Å². The third-order valence-corrected chi connectivity index (χ3v) is 2.61. The van der Waals surface area contributed by atoms with Crippen molar-refractivity contribution < 1.29 is 9.52 Å². The molecule has 1 N–H and O–H groups in total. The molecule has 0 atom stereocenters. The first-order chi connectivity index (χ1) is 7.75. The van der Waals surface area contributed by atoms with Crippen molar-refractivity contribution in [3.63, 3.8) is 0 Å². The number of aromatic hydroxyl groups is 1. The van der Waals surface area contributed by atoms with Crippen LogP contribution in [0.5, 0.6) is 5.75 Å². The molecule has 0 unspecified atom stereocenters. The van der Waals surface area contributed by atoms with Crippen LogP contribution < -0.4 is 5.63 Å². The van der Waals surface area contributed by atoms with Gasteiger partial charge in [-0.1, -0.05) is 18.2 Å². The van der Waals surface area contributed by atoms with Crippen LogP contribution in [0.15, 0.2) is 51.7 Å². The summed E-state index contributed by atoms with van der Waals surface area (Å²) in [7, 11) is 0. The summed E-state index contributed by atoms with van der Waals surface area (Å²) in [6, 6.07) is 12.0. The van der Waals surface area contributed by atoms with Crippen molar-refractivity contribution in [2.24, 2.45) is 0 Å². The predicted octanol–water partition coefficient (Wildman–Crippen LogP) is 3.07. The molecule has 0 saturated heterocycles. The third-order valence-electron chi connectivity index (χ3n) is 2.61. The van der Waals surface area contributed by atoms with E-state index in [4.69, 9.17) is 4.42 Å². The van der Waals surface area contributed by atoms with Crippen LogP contribution in [-0.2, 0) is 0 Å². The van der Waals surface area contributed by atoms with Crippen molar-refractivity contribution in [3.8, 4) is 5.75 Å². The second kappa shape index (κ2) is 4.11. The van der Waals surface area contributed by atoms with Crippen molar-refractivity contribution in [1.29, 1.82) is 0 Å². The van der Waals surface area contributed by atoms with Gasteiger partial charge in [0.05, 0.1) is 5.39 Å².